The smallest absolute Gasteiger partial charge is 0.364 e. The van der Waals surface area contributed by atoms with E-state index in [1.165, 1.54) is 30.6 Å². The molecule has 2 aromatic heterocycles. The fourth-order valence-corrected chi connectivity index (χ4v) is 5.93. The maximum atomic E-state index is 14.1. The Kier molecular flexibility index (Phi) is 4.83. The predicted octanol–water partition coefficient (Wildman–Crippen LogP) is 5.07. The van der Waals surface area contributed by atoms with E-state index in [1.54, 1.807) is 11.0 Å². The monoisotopic (exact) mass is 503 g/mol. The normalized spacial score (nSPS) is 26.5. The SMILES string of the molecule is O=C(c1ccc(F)cc1-c1ncccn1)N1CC2CC23CC(Nc2ncc(C(F)(F)F)cc2Cl)C13. The summed E-state index contributed by atoms with van der Waals surface area (Å²) in [7, 11) is 0. The Hall–Kier alpha value is -3.27. The van der Waals surface area contributed by atoms with Gasteiger partial charge in [-0.1, -0.05) is 11.6 Å². The van der Waals surface area contributed by atoms with Gasteiger partial charge in [0.15, 0.2) is 5.82 Å². The van der Waals surface area contributed by atoms with E-state index in [0.717, 1.165) is 25.1 Å². The molecular weight excluding hydrogens is 486 g/mol. The second-order valence-electron chi connectivity index (χ2n) is 9.31. The standard InChI is InChI=1S/C24H18ClF4N5O/c25-17-6-12(24(27,28)29)10-32-21(17)33-18-9-23-8-13(23)11-34(19(18)23)22(35)15-3-2-14(26)7-16(15)20-30-4-1-5-31-20/h1-7,10,13,18-19H,8-9,11H2,(H,32,33). The summed E-state index contributed by atoms with van der Waals surface area (Å²) in [4.78, 5) is 27.7. The zero-order chi connectivity index (χ0) is 24.5. The molecule has 3 aromatic rings. The van der Waals surface area contributed by atoms with E-state index in [9.17, 15) is 22.4 Å². The third kappa shape index (κ3) is 3.53. The molecular formula is C24H18ClF4N5O. The van der Waals surface area contributed by atoms with E-state index in [2.05, 4.69) is 20.3 Å². The first-order chi connectivity index (χ1) is 16.7. The fraction of sp³-hybridized carbons (Fsp3) is 0.333. The third-order valence-electron chi connectivity index (χ3n) is 7.37. The van der Waals surface area contributed by atoms with Crippen LogP contribution in [-0.2, 0) is 6.18 Å². The summed E-state index contributed by atoms with van der Waals surface area (Å²) in [6.45, 7) is 0.558. The molecule has 11 heteroatoms. The van der Waals surface area contributed by atoms with E-state index < -0.39 is 17.6 Å². The molecule has 3 heterocycles. The average molecular weight is 504 g/mol. The minimum absolute atomic E-state index is 0.00481. The number of halogens is 5. The molecule has 35 heavy (non-hydrogen) atoms. The highest BCUT2D eigenvalue weighted by Crippen LogP contribution is 2.71. The second-order valence-corrected chi connectivity index (χ2v) is 9.71. The van der Waals surface area contributed by atoms with Crippen LogP contribution in [0.15, 0.2) is 48.9 Å². The molecule has 2 saturated carbocycles. The minimum atomic E-state index is -4.54. The molecule has 1 saturated heterocycles. The number of hydrogen-bond acceptors (Lipinski definition) is 5. The number of nitrogens with zero attached hydrogens (tertiary/aromatic N) is 4. The molecule has 3 fully saturated rings. The van der Waals surface area contributed by atoms with Gasteiger partial charge in [0, 0.05) is 36.7 Å². The highest BCUT2D eigenvalue weighted by Gasteiger charge is 2.75. The quantitative estimate of drug-likeness (QED) is 0.504. The topological polar surface area (TPSA) is 71.0 Å². The van der Waals surface area contributed by atoms with Gasteiger partial charge < -0.3 is 10.2 Å². The Bertz CT molecular complexity index is 1340. The Labute approximate surface area is 202 Å². The molecule has 1 amide bonds. The molecule has 4 atom stereocenters. The van der Waals surface area contributed by atoms with Gasteiger partial charge in [0.05, 0.1) is 22.2 Å². The van der Waals surface area contributed by atoms with Crippen LogP contribution in [0.4, 0.5) is 23.4 Å². The van der Waals surface area contributed by atoms with Crippen molar-refractivity contribution in [3.8, 4) is 11.4 Å². The van der Waals surface area contributed by atoms with E-state index in [0.29, 0.717) is 23.6 Å². The summed E-state index contributed by atoms with van der Waals surface area (Å²) in [5.41, 5.74) is -0.327. The molecule has 6 nitrogen and oxygen atoms in total. The maximum Gasteiger partial charge on any atom is 0.417 e. The number of piperidine rings is 1. The highest BCUT2D eigenvalue weighted by atomic mass is 35.5. The van der Waals surface area contributed by atoms with Gasteiger partial charge in [0.25, 0.3) is 5.91 Å². The summed E-state index contributed by atoms with van der Waals surface area (Å²) in [5.74, 6) is -0.00465. The van der Waals surface area contributed by atoms with E-state index >= 15 is 0 Å². The van der Waals surface area contributed by atoms with Gasteiger partial charge in [0.2, 0.25) is 0 Å². The molecule has 0 bridgehead atoms. The summed E-state index contributed by atoms with van der Waals surface area (Å²) >= 11 is 6.09. The number of anilines is 1. The molecule has 1 aliphatic heterocycles. The van der Waals surface area contributed by atoms with Crippen LogP contribution in [0.5, 0.6) is 0 Å². The number of nitrogens with one attached hydrogen (secondary N) is 1. The number of amides is 1. The van der Waals surface area contributed by atoms with E-state index in [-0.39, 0.29) is 40.1 Å². The zero-order valence-electron chi connectivity index (χ0n) is 18.1. The number of rotatable bonds is 4. The number of benzene rings is 1. The number of hydrogen-bond donors (Lipinski definition) is 1. The summed E-state index contributed by atoms with van der Waals surface area (Å²) < 4.78 is 52.9. The minimum Gasteiger partial charge on any atom is -0.364 e. The Morgan fingerprint density at radius 1 is 1.14 bits per heavy atom. The fourth-order valence-electron chi connectivity index (χ4n) is 5.71. The van der Waals surface area contributed by atoms with Crippen molar-refractivity contribution in [2.75, 3.05) is 11.9 Å². The predicted molar refractivity (Wildman–Crippen MR) is 119 cm³/mol. The van der Waals surface area contributed by atoms with Gasteiger partial charge >= 0.3 is 6.18 Å². The molecule has 0 radical (unpaired) electrons. The van der Waals surface area contributed by atoms with Gasteiger partial charge in [-0.2, -0.15) is 13.2 Å². The summed E-state index contributed by atoms with van der Waals surface area (Å²) in [6, 6.07) is 6.00. The molecule has 6 rings (SSSR count). The maximum absolute atomic E-state index is 14.1. The number of carbonyl (C=O) groups excluding carboxylic acids is 1. The second kappa shape index (κ2) is 7.61. The van der Waals surface area contributed by atoms with Crippen LogP contribution in [0.2, 0.25) is 5.02 Å². The molecule has 1 spiro atoms. The van der Waals surface area contributed by atoms with Crippen molar-refractivity contribution >= 4 is 23.3 Å². The van der Waals surface area contributed by atoms with Crippen LogP contribution in [-0.4, -0.2) is 44.4 Å². The summed E-state index contributed by atoms with van der Waals surface area (Å²) in [5, 5.41) is 3.02. The van der Waals surface area contributed by atoms with Crippen LogP contribution in [0.1, 0.15) is 28.8 Å². The van der Waals surface area contributed by atoms with Gasteiger partial charge in [-0.3, -0.25) is 4.79 Å². The number of pyridine rings is 1. The van der Waals surface area contributed by atoms with E-state index in [1.807, 2.05) is 0 Å². The molecule has 180 valence electrons. The highest BCUT2D eigenvalue weighted by molar-refractivity contribution is 6.33. The zero-order valence-corrected chi connectivity index (χ0v) is 18.8. The first-order valence-corrected chi connectivity index (χ1v) is 11.4. The molecule has 1 N–H and O–H groups in total. The van der Waals surface area contributed by atoms with Gasteiger partial charge in [-0.05, 0) is 54.5 Å². The lowest BCUT2D eigenvalue weighted by Crippen LogP contribution is -2.60. The number of likely N-dealkylation sites (tertiary alicyclic amines) is 1. The van der Waals surface area contributed by atoms with Crippen molar-refractivity contribution in [1.82, 2.24) is 19.9 Å². The van der Waals surface area contributed by atoms with Crippen LogP contribution in [0.3, 0.4) is 0 Å². The molecule has 1 aromatic carbocycles. The first-order valence-electron chi connectivity index (χ1n) is 11.0. The van der Waals surface area contributed by atoms with Crippen LogP contribution < -0.4 is 5.32 Å². The van der Waals surface area contributed by atoms with Crippen LogP contribution in [0, 0.1) is 17.2 Å². The van der Waals surface area contributed by atoms with Crippen molar-refractivity contribution < 1.29 is 22.4 Å². The Morgan fingerprint density at radius 3 is 2.63 bits per heavy atom. The third-order valence-corrected chi connectivity index (χ3v) is 7.66. The van der Waals surface area contributed by atoms with Gasteiger partial charge in [-0.25, -0.2) is 19.3 Å². The molecule has 4 unspecified atom stereocenters. The largest absolute Gasteiger partial charge is 0.417 e. The van der Waals surface area contributed by atoms with Crippen molar-refractivity contribution in [3.05, 3.63) is 70.9 Å². The lowest BCUT2D eigenvalue weighted by molar-refractivity contribution is -0.137. The van der Waals surface area contributed by atoms with E-state index in [4.69, 9.17) is 11.6 Å². The van der Waals surface area contributed by atoms with Crippen LogP contribution in [0.25, 0.3) is 11.4 Å². The Balaban J connectivity index is 1.28. The van der Waals surface area contributed by atoms with Crippen molar-refractivity contribution in [2.24, 2.45) is 11.3 Å². The summed E-state index contributed by atoms with van der Waals surface area (Å²) in [6.07, 6.45) is 1.00. The molecule has 2 aliphatic carbocycles. The van der Waals surface area contributed by atoms with Crippen molar-refractivity contribution in [3.63, 3.8) is 0 Å². The lowest BCUT2D eigenvalue weighted by atomic mass is 9.71. The van der Waals surface area contributed by atoms with Crippen molar-refractivity contribution in [2.45, 2.75) is 31.1 Å². The number of carbonyl (C=O) groups is 1. The van der Waals surface area contributed by atoms with Crippen LogP contribution >= 0.6 is 11.6 Å². The molecule has 3 aliphatic rings. The lowest BCUT2D eigenvalue weighted by Gasteiger charge is -2.48. The van der Waals surface area contributed by atoms with Gasteiger partial charge in [0.1, 0.15) is 11.6 Å². The Morgan fingerprint density at radius 2 is 1.91 bits per heavy atom. The van der Waals surface area contributed by atoms with Crippen molar-refractivity contribution in [1.29, 1.82) is 0 Å². The number of alkyl halides is 3. The van der Waals surface area contributed by atoms with Gasteiger partial charge in [-0.15, -0.1) is 0 Å². The average Bonchev–Trinajstić information content (AvgIpc) is 3.48. The first kappa shape index (κ1) is 22.2. The number of aromatic nitrogens is 3.